The summed E-state index contributed by atoms with van der Waals surface area (Å²) in [6.07, 6.45) is 2.84. The first kappa shape index (κ1) is 18.9. The summed E-state index contributed by atoms with van der Waals surface area (Å²) in [7, 11) is 0. The fraction of sp³-hybridized carbons (Fsp3) is 0.190. The first-order valence-electron chi connectivity index (χ1n) is 8.74. The van der Waals surface area contributed by atoms with E-state index in [2.05, 4.69) is 10.4 Å². The Hall–Kier alpha value is -2.86. The van der Waals surface area contributed by atoms with Gasteiger partial charge in [-0.15, -0.1) is 11.8 Å². The number of amides is 1. The minimum Gasteiger partial charge on any atom is -0.325 e. The van der Waals surface area contributed by atoms with Crippen LogP contribution in [0, 0.1) is 0 Å². The predicted octanol–water partition coefficient (Wildman–Crippen LogP) is 4.05. The summed E-state index contributed by atoms with van der Waals surface area (Å²) in [5.41, 5.74) is 2.35. The summed E-state index contributed by atoms with van der Waals surface area (Å²) < 4.78 is 1.42. The lowest BCUT2D eigenvalue weighted by molar-refractivity contribution is -0.116. The van der Waals surface area contributed by atoms with E-state index >= 15 is 0 Å². The summed E-state index contributed by atoms with van der Waals surface area (Å²) in [5.74, 6) is -0.0660. The SMILES string of the molecule is CSc1ccccc1NC(=O)CCCn1nc(-c2ccccc2)ccc1=O. The number of hydrogen-bond donors (Lipinski definition) is 1. The Kier molecular flexibility index (Phi) is 6.44. The molecule has 0 saturated carbocycles. The highest BCUT2D eigenvalue weighted by Crippen LogP contribution is 2.24. The number of nitrogens with one attached hydrogen (secondary N) is 1. The number of thioether (sulfide) groups is 1. The van der Waals surface area contributed by atoms with Gasteiger partial charge in [0.1, 0.15) is 0 Å². The van der Waals surface area contributed by atoms with Gasteiger partial charge in [0.25, 0.3) is 5.56 Å². The summed E-state index contributed by atoms with van der Waals surface area (Å²) >= 11 is 1.59. The first-order valence-corrected chi connectivity index (χ1v) is 9.96. The van der Waals surface area contributed by atoms with E-state index in [1.165, 1.54) is 10.7 Å². The normalized spacial score (nSPS) is 10.6. The lowest BCUT2D eigenvalue weighted by atomic mass is 10.1. The van der Waals surface area contributed by atoms with Gasteiger partial charge in [-0.25, -0.2) is 4.68 Å². The van der Waals surface area contributed by atoms with Gasteiger partial charge in [0.15, 0.2) is 0 Å². The molecule has 1 amide bonds. The average Bonchev–Trinajstić information content (AvgIpc) is 2.70. The maximum Gasteiger partial charge on any atom is 0.266 e. The monoisotopic (exact) mass is 379 g/mol. The van der Waals surface area contributed by atoms with E-state index < -0.39 is 0 Å². The van der Waals surface area contributed by atoms with Crippen LogP contribution < -0.4 is 10.9 Å². The van der Waals surface area contributed by atoms with Crippen molar-refractivity contribution >= 4 is 23.4 Å². The maximum atomic E-state index is 12.2. The number of benzene rings is 2. The van der Waals surface area contributed by atoms with Crippen molar-refractivity contribution in [1.29, 1.82) is 0 Å². The third-order valence-corrected chi connectivity index (χ3v) is 4.89. The van der Waals surface area contributed by atoms with Gasteiger partial charge in [-0.2, -0.15) is 5.10 Å². The van der Waals surface area contributed by atoms with Crippen LogP contribution in [0.15, 0.2) is 76.4 Å². The smallest absolute Gasteiger partial charge is 0.266 e. The molecule has 1 heterocycles. The predicted molar refractivity (Wildman–Crippen MR) is 110 cm³/mol. The number of aromatic nitrogens is 2. The largest absolute Gasteiger partial charge is 0.325 e. The highest BCUT2D eigenvalue weighted by Gasteiger charge is 2.07. The quantitative estimate of drug-likeness (QED) is 0.629. The highest BCUT2D eigenvalue weighted by atomic mass is 32.2. The first-order chi connectivity index (χ1) is 13.2. The minimum atomic E-state index is -0.164. The third kappa shape index (κ3) is 5.08. The van der Waals surface area contributed by atoms with Crippen molar-refractivity contribution in [2.45, 2.75) is 24.3 Å². The Labute approximate surface area is 162 Å². The molecular weight excluding hydrogens is 358 g/mol. The van der Waals surface area contributed by atoms with Crippen LogP contribution in [0.25, 0.3) is 11.3 Å². The summed E-state index contributed by atoms with van der Waals surface area (Å²) in [6, 6.07) is 20.6. The Balaban J connectivity index is 1.60. The fourth-order valence-corrected chi connectivity index (χ4v) is 3.28. The molecule has 0 atom stereocenters. The molecule has 0 spiro atoms. The second-order valence-corrected chi connectivity index (χ2v) is 6.85. The molecule has 1 N–H and O–H groups in total. The van der Waals surface area contributed by atoms with E-state index in [1.807, 2.05) is 60.9 Å². The summed E-state index contributed by atoms with van der Waals surface area (Å²) in [6.45, 7) is 0.400. The van der Waals surface area contributed by atoms with E-state index in [4.69, 9.17) is 0 Å². The molecule has 0 bridgehead atoms. The van der Waals surface area contributed by atoms with Crippen molar-refractivity contribution in [1.82, 2.24) is 9.78 Å². The summed E-state index contributed by atoms with van der Waals surface area (Å²) in [4.78, 5) is 25.3. The van der Waals surface area contributed by atoms with E-state index in [0.29, 0.717) is 19.4 Å². The van der Waals surface area contributed by atoms with Crippen LogP contribution in [0.5, 0.6) is 0 Å². The van der Waals surface area contributed by atoms with Gasteiger partial charge < -0.3 is 5.32 Å². The molecule has 0 fully saturated rings. The topological polar surface area (TPSA) is 64.0 Å². The van der Waals surface area contributed by atoms with E-state index in [-0.39, 0.29) is 11.5 Å². The zero-order valence-corrected chi connectivity index (χ0v) is 15.9. The molecule has 0 aliphatic rings. The standard InChI is InChI=1S/C21H21N3O2S/c1-27-19-11-6-5-10-18(19)22-20(25)12-7-15-24-21(26)14-13-17(23-24)16-8-3-2-4-9-16/h2-6,8-11,13-14H,7,12,15H2,1H3,(H,22,25). The number of rotatable bonds is 7. The lowest BCUT2D eigenvalue weighted by Gasteiger charge is -2.10. The molecule has 6 heteroatoms. The zero-order chi connectivity index (χ0) is 19.1. The third-order valence-electron chi connectivity index (χ3n) is 4.09. The molecule has 1 aromatic heterocycles. The van der Waals surface area contributed by atoms with Gasteiger partial charge in [-0.3, -0.25) is 9.59 Å². The van der Waals surface area contributed by atoms with Crippen molar-refractivity contribution in [2.75, 3.05) is 11.6 Å². The molecule has 138 valence electrons. The minimum absolute atomic E-state index is 0.0660. The second kappa shape index (κ2) is 9.19. The molecule has 3 aromatic rings. The number of nitrogens with zero attached hydrogens (tertiary/aromatic N) is 2. The van der Waals surface area contributed by atoms with Gasteiger partial charge in [-0.05, 0) is 30.9 Å². The van der Waals surface area contributed by atoms with Crippen LogP contribution in [0.4, 0.5) is 5.69 Å². The number of anilines is 1. The molecule has 2 aromatic carbocycles. The van der Waals surface area contributed by atoms with Crippen LogP contribution in [0.2, 0.25) is 0 Å². The number of carbonyl (C=O) groups excluding carboxylic acids is 1. The molecule has 0 aliphatic carbocycles. The van der Waals surface area contributed by atoms with Crippen LogP contribution in [-0.4, -0.2) is 21.9 Å². The van der Waals surface area contributed by atoms with Crippen LogP contribution in [-0.2, 0) is 11.3 Å². The molecule has 3 rings (SSSR count). The van der Waals surface area contributed by atoms with Crippen LogP contribution >= 0.6 is 11.8 Å². The zero-order valence-electron chi connectivity index (χ0n) is 15.1. The highest BCUT2D eigenvalue weighted by molar-refractivity contribution is 7.98. The van der Waals surface area contributed by atoms with E-state index in [0.717, 1.165) is 21.8 Å². The molecule has 0 aliphatic heterocycles. The van der Waals surface area contributed by atoms with Crippen molar-refractivity contribution in [3.8, 4) is 11.3 Å². The number of hydrogen-bond acceptors (Lipinski definition) is 4. The van der Waals surface area contributed by atoms with E-state index in [1.54, 1.807) is 17.8 Å². The summed E-state index contributed by atoms with van der Waals surface area (Å²) in [5, 5.41) is 7.35. The lowest BCUT2D eigenvalue weighted by Crippen LogP contribution is -2.23. The van der Waals surface area contributed by atoms with Crippen molar-refractivity contribution in [3.63, 3.8) is 0 Å². The fourth-order valence-electron chi connectivity index (χ4n) is 2.72. The van der Waals surface area contributed by atoms with Crippen LogP contribution in [0.1, 0.15) is 12.8 Å². The van der Waals surface area contributed by atoms with E-state index in [9.17, 15) is 9.59 Å². The van der Waals surface area contributed by atoms with Gasteiger partial charge in [-0.1, -0.05) is 42.5 Å². The number of aryl methyl sites for hydroxylation is 1. The van der Waals surface area contributed by atoms with Gasteiger partial charge >= 0.3 is 0 Å². The van der Waals surface area contributed by atoms with Gasteiger partial charge in [0.05, 0.1) is 11.4 Å². The van der Waals surface area contributed by atoms with Crippen LogP contribution in [0.3, 0.4) is 0 Å². The average molecular weight is 379 g/mol. The Morgan fingerprint density at radius 1 is 1.04 bits per heavy atom. The van der Waals surface area contributed by atoms with Gasteiger partial charge in [0, 0.05) is 29.5 Å². The molecular formula is C21H21N3O2S. The van der Waals surface area contributed by atoms with Crippen molar-refractivity contribution in [3.05, 3.63) is 77.1 Å². The maximum absolute atomic E-state index is 12.2. The molecule has 0 saturated heterocycles. The number of para-hydroxylation sites is 1. The van der Waals surface area contributed by atoms with Crippen molar-refractivity contribution in [2.24, 2.45) is 0 Å². The molecule has 27 heavy (non-hydrogen) atoms. The Morgan fingerprint density at radius 3 is 2.56 bits per heavy atom. The Bertz CT molecular complexity index is 970. The number of carbonyl (C=O) groups is 1. The second-order valence-electron chi connectivity index (χ2n) is 6.00. The van der Waals surface area contributed by atoms with Gasteiger partial charge in [0.2, 0.25) is 5.91 Å². The molecule has 5 nitrogen and oxygen atoms in total. The Morgan fingerprint density at radius 2 is 1.78 bits per heavy atom. The molecule has 0 unspecified atom stereocenters. The molecule has 0 radical (unpaired) electrons. The van der Waals surface area contributed by atoms with Crippen molar-refractivity contribution < 1.29 is 4.79 Å².